The Kier molecular flexibility index (Phi) is 0.552. The zero-order chi connectivity index (χ0) is 5.40. The molecule has 0 fully saturated rings. The van der Waals surface area contributed by atoms with Crippen molar-refractivity contribution >= 4 is 0 Å². The normalized spacial score (nSPS) is 22.0. The maximum atomic E-state index is 3.00. The summed E-state index contributed by atoms with van der Waals surface area (Å²) in [5.74, 6) is 1.03. The third kappa shape index (κ3) is 0.324. The van der Waals surface area contributed by atoms with Crippen molar-refractivity contribution in [2.24, 2.45) is 0 Å². The van der Waals surface area contributed by atoms with E-state index in [9.17, 15) is 0 Å². The second-order valence-electron chi connectivity index (χ2n) is 1.62. The van der Waals surface area contributed by atoms with Gasteiger partial charge < -0.3 is 10.7 Å². The predicted molar refractivity (Wildman–Crippen MR) is 28.5 cm³/mol. The van der Waals surface area contributed by atoms with Crippen molar-refractivity contribution in [3.8, 4) is 0 Å². The summed E-state index contributed by atoms with van der Waals surface area (Å²) in [6.07, 6.45) is 5.60. The second-order valence-corrected chi connectivity index (χ2v) is 1.62. The molecule has 3 N–H and O–H groups in total. The number of nitrogens with zero attached hydrogens (tertiary/aromatic N) is 1. The average Bonchev–Trinajstić information content (AvgIpc) is 2.15. The van der Waals surface area contributed by atoms with Crippen LogP contribution in [0.1, 0.15) is 0 Å². The number of rotatable bonds is 0. The zero-order valence-electron chi connectivity index (χ0n) is 4.18. The van der Waals surface area contributed by atoms with E-state index in [0.717, 1.165) is 5.82 Å². The minimum absolute atomic E-state index is 1.03. The Bertz CT molecular complexity index is 159. The molecule has 0 aromatic rings. The van der Waals surface area contributed by atoms with Gasteiger partial charge in [-0.05, 0) is 0 Å². The highest BCUT2D eigenvalue weighted by Gasteiger charge is 2.13. The lowest BCUT2D eigenvalue weighted by Crippen LogP contribution is -2.32. The largest absolute Gasteiger partial charge is 0.344 e. The molecule has 4 nitrogen and oxygen atoms in total. The van der Waals surface area contributed by atoms with Crippen LogP contribution in [0, 0.1) is 0 Å². The van der Waals surface area contributed by atoms with E-state index in [0.29, 0.717) is 0 Å². The van der Waals surface area contributed by atoms with E-state index in [1.54, 1.807) is 0 Å². The Labute approximate surface area is 46.8 Å². The fourth-order valence-corrected chi connectivity index (χ4v) is 0.726. The van der Waals surface area contributed by atoms with Crippen LogP contribution in [0.4, 0.5) is 0 Å². The summed E-state index contributed by atoms with van der Waals surface area (Å²) in [6, 6.07) is 0. The summed E-state index contributed by atoms with van der Waals surface area (Å²) in [4.78, 5) is 0. The number of fused-ring (bicyclic) bond motifs is 1. The first kappa shape index (κ1) is 3.80. The summed E-state index contributed by atoms with van der Waals surface area (Å²) in [5, 5.41) is 4.85. The second kappa shape index (κ2) is 1.16. The van der Waals surface area contributed by atoms with Crippen LogP contribution in [-0.2, 0) is 0 Å². The maximum Gasteiger partial charge on any atom is 0.143 e. The van der Waals surface area contributed by atoms with E-state index in [1.807, 2.05) is 23.6 Å². The SMILES string of the molecule is C1=CN2NNC=C2N1. The van der Waals surface area contributed by atoms with Gasteiger partial charge in [-0.3, -0.25) is 0 Å². The van der Waals surface area contributed by atoms with Gasteiger partial charge in [0.2, 0.25) is 0 Å². The summed E-state index contributed by atoms with van der Waals surface area (Å²) < 4.78 is 0. The molecule has 2 aliphatic heterocycles. The lowest BCUT2D eigenvalue weighted by molar-refractivity contribution is 0.348. The van der Waals surface area contributed by atoms with Gasteiger partial charge in [0.25, 0.3) is 0 Å². The highest BCUT2D eigenvalue weighted by molar-refractivity contribution is 5.12. The Hall–Kier alpha value is -1.16. The summed E-state index contributed by atoms with van der Waals surface area (Å²) in [5.41, 5.74) is 5.68. The van der Waals surface area contributed by atoms with Gasteiger partial charge >= 0.3 is 0 Å². The van der Waals surface area contributed by atoms with Gasteiger partial charge in [0, 0.05) is 12.4 Å². The van der Waals surface area contributed by atoms with E-state index in [1.165, 1.54) is 0 Å². The van der Waals surface area contributed by atoms with Gasteiger partial charge in [-0.25, -0.2) is 5.01 Å². The molecular weight excluding hydrogens is 104 g/mol. The topological polar surface area (TPSA) is 39.3 Å². The van der Waals surface area contributed by atoms with Crippen LogP contribution < -0.4 is 16.3 Å². The lowest BCUT2D eigenvalue weighted by atomic mass is 10.8. The zero-order valence-corrected chi connectivity index (χ0v) is 4.18. The van der Waals surface area contributed by atoms with Crippen LogP contribution in [0.3, 0.4) is 0 Å². The Morgan fingerprint density at radius 1 is 1.50 bits per heavy atom. The number of hydrogen-bond acceptors (Lipinski definition) is 4. The van der Waals surface area contributed by atoms with Crippen LogP contribution in [0.25, 0.3) is 0 Å². The van der Waals surface area contributed by atoms with Crippen molar-refractivity contribution in [3.05, 3.63) is 24.4 Å². The fourth-order valence-electron chi connectivity index (χ4n) is 0.726. The fraction of sp³-hybridized carbons (Fsp3) is 0. The molecule has 0 saturated heterocycles. The number of hydrazine groups is 2. The maximum absolute atomic E-state index is 3.00. The van der Waals surface area contributed by atoms with Gasteiger partial charge in [0.15, 0.2) is 0 Å². The number of hydrogen-bond donors (Lipinski definition) is 3. The summed E-state index contributed by atoms with van der Waals surface area (Å²) >= 11 is 0. The monoisotopic (exact) mass is 110 g/mol. The molecule has 2 aliphatic rings. The smallest absolute Gasteiger partial charge is 0.143 e. The molecule has 8 heavy (non-hydrogen) atoms. The van der Waals surface area contributed by atoms with Gasteiger partial charge in [0.1, 0.15) is 5.82 Å². The van der Waals surface area contributed by atoms with Gasteiger partial charge in [-0.15, -0.1) is 5.53 Å². The van der Waals surface area contributed by atoms with Crippen LogP contribution in [0.15, 0.2) is 24.4 Å². The molecule has 0 unspecified atom stereocenters. The standard InChI is InChI=1S/C4H6N4/c1-2-8-4(5-1)3-6-7-8/h1-3,5-7H. The highest BCUT2D eigenvalue weighted by Crippen LogP contribution is 2.05. The van der Waals surface area contributed by atoms with Crippen molar-refractivity contribution in [1.29, 1.82) is 0 Å². The van der Waals surface area contributed by atoms with Crippen molar-refractivity contribution in [1.82, 2.24) is 21.3 Å². The Balaban J connectivity index is 2.28. The molecule has 0 amide bonds. The van der Waals surface area contributed by atoms with Crippen molar-refractivity contribution in [2.45, 2.75) is 0 Å². The van der Waals surface area contributed by atoms with E-state index in [4.69, 9.17) is 0 Å². The molecule has 0 bridgehead atoms. The Morgan fingerprint density at radius 3 is 3.38 bits per heavy atom. The third-order valence-electron chi connectivity index (χ3n) is 1.11. The predicted octanol–water partition coefficient (Wildman–Crippen LogP) is -0.816. The van der Waals surface area contributed by atoms with Crippen LogP contribution in [-0.4, -0.2) is 5.01 Å². The van der Waals surface area contributed by atoms with Crippen molar-refractivity contribution < 1.29 is 0 Å². The van der Waals surface area contributed by atoms with Crippen molar-refractivity contribution in [2.75, 3.05) is 0 Å². The molecule has 0 saturated carbocycles. The van der Waals surface area contributed by atoms with Gasteiger partial charge in [-0.1, -0.05) is 0 Å². The molecule has 2 rings (SSSR count). The van der Waals surface area contributed by atoms with E-state index < -0.39 is 0 Å². The van der Waals surface area contributed by atoms with Crippen LogP contribution in [0.2, 0.25) is 0 Å². The van der Waals surface area contributed by atoms with E-state index >= 15 is 0 Å². The minimum Gasteiger partial charge on any atom is -0.344 e. The molecule has 4 heteroatoms. The molecule has 2 heterocycles. The van der Waals surface area contributed by atoms with Gasteiger partial charge in [0.05, 0.1) is 6.20 Å². The third-order valence-corrected chi connectivity index (χ3v) is 1.11. The molecule has 0 aromatic heterocycles. The molecule has 0 aromatic carbocycles. The lowest BCUT2D eigenvalue weighted by Gasteiger charge is -2.07. The first-order valence-electron chi connectivity index (χ1n) is 2.40. The first-order valence-corrected chi connectivity index (χ1v) is 2.40. The summed E-state index contributed by atoms with van der Waals surface area (Å²) in [7, 11) is 0. The Morgan fingerprint density at radius 2 is 2.50 bits per heavy atom. The number of nitrogens with one attached hydrogen (secondary N) is 3. The minimum atomic E-state index is 1.03. The van der Waals surface area contributed by atoms with Crippen LogP contribution in [0.5, 0.6) is 0 Å². The molecule has 0 radical (unpaired) electrons. The van der Waals surface area contributed by atoms with E-state index in [2.05, 4.69) is 16.3 Å². The molecular formula is C4H6N4. The molecule has 42 valence electrons. The highest BCUT2D eigenvalue weighted by atomic mass is 15.7. The van der Waals surface area contributed by atoms with Crippen molar-refractivity contribution in [3.63, 3.8) is 0 Å². The molecule has 0 atom stereocenters. The average molecular weight is 110 g/mol. The van der Waals surface area contributed by atoms with Gasteiger partial charge in [-0.2, -0.15) is 0 Å². The first-order chi connectivity index (χ1) is 3.97. The molecule has 0 aliphatic carbocycles. The molecule has 0 spiro atoms. The quantitative estimate of drug-likeness (QED) is 0.381. The summed E-state index contributed by atoms with van der Waals surface area (Å²) in [6.45, 7) is 0. The van der Waals surface area contributed by atoms with Crippen LogP contribution >= 0.6 is 0 Å². The van der Waals surface area contributed by atoms with E-state index in [-0.39, 0.29) is 0 Å².